The highest BCUT2D eigenvalue weighted by Crippen LogP contribution is 2.27. The maximum atomic E-state index is 13.4. The third-order valence-electron chi connectivity index (χ3n) is 6.65. The van der Waals surface area contributed by atoms with E-state index in [0.29, 0.717) is 48.3 Å². The van der Waals surface area contributed by atoms with E-state index in [4.69, 9.17) is 4.74 Å². The molecular formula is C25H33N7O5. The number of nitrogens with zero attached hydrogens (tertiary/aromatic N) is 4. The van der Waals surface area contributed by atoms with Crippen LogP contribution in [0.3, 0.4) is 0 Å². The lowest BCUT2D eigenvalue weighted by atomic mass is 9.97. The van der Waals surface area contributed by atoms with E-state index < -0.39 is 17.3 Å². The number of nitrogens with one attached hydrogen (secondary N) is 3. The van der Waals surface area contributed by atoms with Crippen LogP contribution in [0.2, 0.25) is 0 Å². The van der Waals surface area contributed by atoms with E-state index in [-0.39, 0.29) is 29.5 Å². The average molecular weight is 512 g/mol. The minimum Gasteiger partial charge on any atom is -0.492 e. The summed E-state index contributed by atoms with van der Waals surface area (Å²) in [7, 11) is 0. The molecule has 1 aliphatic carbocycles. The van der Waals surface area contributed by atoms with Crippen molar-refractivity contribution in [3.8, 4) is 17.3 Å². The Morgan fingerprint density at radius 2 is 1.92 bits per heavy atom. The molecule has 0 radical (unpaired) electrons. The van der Waals surface area contributed by atoms with Gasteiger partial charge in [0.1, 0.15) is 11.3 Å². The number of ether oxygens (including phenoxy) is 1. The number of H-pyrrole nitrogens is 1. The van der Waals surface area contributed by atoms with E-state index in [2.05, 4.69) is 25.9 Å². The van der Waals surface area contributed by atoms with Gasteiger partial charge in [0.05, 0.1) is 17.5 Å². The molecule has 1 saturated heterocycles. The quantitative estimate of drug-likeness (QED) is 0.376. The molecule has 0 atom stereocenters. The predicted molar refractivity (Wildman–Crippen MR) is 135 cm³/mol. The summed E-state index contributed by atoms with van der Waals surface area (Å²) in [5.74, 6) is -1.11. The summed E-state index contributed by atoms with van der Waals surface area (Å²) in [5, 5.41) is 28.1. The number of rotatable bonds is 7. The van der Waals surface area contributed by atoms with Gasteiger partial charge in [-0.15, -0.1) is 0 Å². The number of aromatic amines is 1. The van der Waals surface area contributed by atoms with Crippen molar-refractivity contribution in [2.75, 3.05) is 19.8 Å². The molecule has 2 aliphatic rings. The summed E-state index contributed by atoms with van der Waals surface area (Å²) in [6, 6.07) is 1.62. The van der Waals surface area contributed by atoms with Crippen molar-refractivity contribution in [1.29, 1.82) is 0 Å². The summed E-state index contributed by atoms with van der Waals surface area (Å²) < 4.78 is 8.00. The predicted octanol–water partition coefficient (Wildman–Crippen LogP) is 1.69. The first-order valence-corrected chi connectivity index (χ1v) is 12.7. The van der Waals surface area contributed by atoms with Gasteiger partial charge >= 0.3 is 0 Å². The van der Waals surface area contributed by atoms with Crippen LogP contribution in [0.1, 0.15) is 67.2 Å². The lowest BCUT2D eigenvalue weighted by molar-refractivity contribution is 0.0643. The Labute approximate surface area is 213 Å². The minimum atomic E-state index is -0.624. The Bertz CT molecular complexity index is 1390. The maximum Gasteiger partial charge on any atom is 0.270 e. The Morgan fingerprint density at radius 1 is 1.19 bits per heavy atom. The summed E-state index contributed by atoms with van der Waals surface area (Å²) >= 11 is 0. The van der Waals surface area contributed by atoms with Crippen LogP contribution < -0.4 is 16.2 Å². The van der Waals surface area contributed by atoms with Crippen LogP contribution in [0.5, 0.6) is 5.88 Å². The maximum absolute atomic E-state index is 13.4. The summed E-state index contributed by atoms with van der Waals surface area (Å²) in [6.45, 7) is 8.12. The van der Waals surface area contributed by atoms with Crippen LogP contribution >= 0.6 is 0 Å². The second-order valence-electron chi connectivity index (χ2n) is 11.1. The van der Waals surface area contributed by atoms with Crippen molar-refractivity contribution in [3.63, 3.8) is 0 Å². The number of carbonyl (C=O) groups is 2. The molecule has 37 heavy (non-hydrogen) atoms. The molecule has 3 aromatic rings. The SMILES string of the molecule is CC(C)(C)Cn1c(=O)c(C(=O)NC2CC2)c(O)n2nc(-c3[nH]ncc3C(=O)NCC3CCOCC3)cc12. The third kappa shape index (κ3) is 5.24. The van der Waals surface area contributed by atoms with Crippen LogP contribution in [0, 0.1) is 11.3 Å². The molecule has 0 aromatic carbocycles. The van der Waals surface area contributed by atoms with E-state index in [1.165, 1.54) is 15.3 Å². The molecule has 2 amide bonds. The van der Waals surface area contributed by atoms with Gasteiger partial charge in [0.2, 0.25) is 5.88 Å². The fourth-order valence-corrected chi connectivity index (χ4v) is 4.53. The zero-order valence-corrected chi connectivity index (χ0v) is 21.3. The van der Waals surface area contributed by atoms with Crippen molar-refractivity contribution < 1.29 is 19.4 Å². The van der Waals surface area contributed by atoms with E-state index in [1.54, 1.807) is 6.07 Å². The lowest BCUT2D eigenvalue weighted by Gasteiger charge is -2.22. The first kappa shape index (κ1) is 25.0. The van der Waals surface area contributed by atoms with E-state index in [0.717, 1.165) is 25.7 Å². The topological polar surface area (TPSA) is 156 Å². The van der Waals surface area contributed by atoms with Crippen LogP contribution in [-0.4, -0.2) is 67.1 Å². The highest BCUT2D eigenvalue weighted by atomic mass is 16.5. The van der Waals surface area contributed by atoms with Crippen LogP contribution in [0.4, 0.5) is 0 Å². The van der Waals surface area contributed by atoms with Gasteiger partial charge in [-0.1, -0.05) is 20.8 Å². The molecule has 0 bridgehead atoms. The molecule has 0 unspecified atom stereocenters. The zero-order chi connectivity index (χ0) is 26.3. The van der Waals surface area contributed by atoms with Crippen molar-refractivity contribution in [2.45, 2.75) is 59.0 Å². The second kappa shape index (κ2) is 9.66. The second-order valence-corrected chi connectivity index (χ2v) is 11.1. The van der Waals surface area contributed by atoms with Gasteiger partial charge in [-0.2, -0.15) is 14.7 Å². The Balaban J connectivity index is 1.52. The number of hydrogen-bond donors (Lipinski definition) is 4. The molecule has 2 fully saturated rings. The number of aromatic hydroxyl groups is 1. The highest BCUT2D eigenvalue weighted by molar-refractivity contribution is 6.00. The molecule has 1 saturated carbocycles. The third-order valence-corrected chi connectivity index (χ3v) is 6.65. The van der Waals surface area contributed by atoms with E-state index >= 15 is 0 Å². The van der Waals surface area contributed by atoms with Gasteiger partial charge in [0.25, 0.3) is 17.4 Å². The van der Waals surface area contributed by atoms with Crippen molar-refractivity contribution in [2.24, 2.45) is 11.3 Å². The van der Waals surface area contributed by atoms with Crippen molar-refractivity contribution in [3.05, 3.63) is 33.7 Å². The summed E-state index contributed by atoms with van der Waals surface area (Å²) in [6.07, 6.45) is 4.90. The zero-order valence-electron chi connectivity index (χ0n) is 21.3. The largest absolute Gasteiger partial charge is 0.492 e. The smallest absolute Gasteiger partial charge is 0.270 e. The van der Waals surface area contributed by atoms with E-state index in [1.807, 2.05) is 20.8 Å². The van der Waals surface area contributed by atoms with Crippen molar-refractivity contribution in [1.82, 2.24) is 35.0 Å². The number of fused-ring (bicyclic) bond motifs is 1. The van der Waals surface area contributed by atoms with Crippen molar-refractivity contribution >= 4 is 17.5 Å². The van der Waals surface area contributed by atoms with Crippen LogP contribution in [-0.2, 0) is 11.3 Å². The number of hydrogen-bond acceptors (Lipinski definition) is 7. The fourth-order valence-electron chi connectivity index (χ4n) is 4.53. The molecule has 12 heteroatoms. The number of amides is 2. The van der Waals surface area contributed by atoms with Gasteiger partial charge in [0, 0.05) is 38.4 Å². The normalized spacial score (nSPS) is 16.7. The molecule has 198 valence electrons. The monoisotopic (exact) mass is 511 g/mol. The number of aromatic nitrogens is 5. The van der Waals surface area contributed by atoms with Gasteiger partial charge in [0.15, 0.2) is 5.56 Å². The summed E-state index contributed by atoms with van der Waals surface area (Å²) in [5.41, 5.74) is 0.0158. The van der Waals surface area contributed by atoms with Gasteiger partial charge < -0.3 is 20.5 Å². The highest BCUT2D eigenvalue weighted by Gasteiger charge is 2.31. The number of carbonyl (C=O) groups excluding carboxylic acids is 2. The Morgan fingerprint density at radius 3 is 2.59 bits per heavy atom. The molecule has 4 heterocycles. The molecule has 12 nitrogen and oxygen atoms in total. The first-order valence-electron chi connectivity index (χ1n) is 12.7. The molecule has 3 aromatic heterocycles. The van der Waals surface area contributed by atoms with Gasteiger partial charge in [-0.3, -0.25) is 24.0 Å². The summed E-state index contributed by atoms with van der Waals surface area (Å²) in [4.78, 5) is 39.3. The fraction of sp³-hybridized carbons (Fsp3) is 0.560. The first-order chi connectivity index (χ1) is 17.6. The Hall–Kier alpha value is -3.67. The van der Waals surface area contributed by atoms with Gasteiger partial charge in [-0.25, -0.2) is 0 Å². The standard InChI is InChI=1S/C25H33N7O5/c1-25(2,3)13-31-18-10-17(30-32(18)24(36)19(23(31)35)22(34)28-15-4-5-15)20-16(12-27-29-20)21(33)26-11-14-6-8-37-9-7-14/h10,12,14-15,36H,4-9,11,13H2,1-3H3,(H,26,33)(H,27,29)(H,28,34). The molecular weight excluding hydrogens is 478 g/mol. The lowest BCUT2D eigenvalue weighted by Crippen LogP contribution is -2.37. The molecule has 4 N–H and O–H groups in total. The Kier molecular flexibility index (Phi) is 6.52. The van der Waals surface area contributed by atoms with Crippen LogP contribution in [0.15, 0.2) is 17.1 Å². The minimum absolute atomic E-state index is 0.0124. The molecule has 0 spiro atoms. The molecule has 1 aliphatic heterocycles. The molecule has 5 rings (SSSR count). The van der Waals surface area contributed by atoms with Gasteiger partial charge in [-0.05, 0) is 37.0 Å². The van der Waals surface area contributed by atoms with Crippen LogP contribution in [0.25, 0.3) is 17.0 Å². The van der Waals surface area contributed by atoms with E-state index in [9.17, 15) is 19.5 Å². The average Bonchev–Trinajstić information content (AvgIpc) is 3.34.